The number of carbonyl (C=O) groups is 1. The average molecular weight is 280 g/mol. The zero-order valence-corrected chi connectivity index (χ0v) is 10.2. The molecule has 2 rings (SSSR count). The van der Waals surface area contributed by atoms with Crippen LogP contribution in [0.5, 0.6) is 0 Å². The van der Waals surface area contributed by atoms with Gasteiger partial charge in [0.15, 0.2) is 0 Å². The summed E-state index contributed by atoms with van der Waals surface area (Å²) in [5, 5.41) is 2.52. The van der Waals surface area contributed by atoms with E-state index in [0.717, 1.165) is 18.2 Å². The molecule has 0 aliphatic rings. The number of halogens is 3. The minimum Gasteiger partial charge on any atom is -0.370 e. The number of anilines is 1. The fraction of sp³-hybridized carbons (Fsp3) is 0.0714. The topological polar surface area (TPSA) is 55.1 Å². The highest BCUT2D eigenvalue weighted by Crippen LogP contribution is 2.24. The summed E-state index contributed by atoms with van der Waals surface area (Å²) >= 11 is 0. The Morgan fingerprint density at radius 2 is 1.65 bits per heavy atom. The molecule has 3 nitrogen and oxygen atoms in total. The standard InChI is InChI=1S/C14H11F3N2O/c15-8-3-1-4-9(7-8)19-13(14(18)20)12-10(16)5-2-6-11(12)17/h1-7,13,19H,(H2,18,20). The largest absolute Gasteiger partial charge is 0.370 e. The first-order valence-electron chi connectivity index (χ1n) is 5.74. The summed E-state index contributed by atoms with van der Waals surface area (Å²) in [6, 6.07) is 6.92. The van der Waals surface area contributed by atoms with Crippen LogP contribution in [0.3, 0.4) is 0 Å². The van der Waals surface area contributed by atoms with E-state index in [1.807, 2.05) is 0 Å². The highest BCUT2D eigenvalue weighted by atomic mass is 19.1. The molecule has 3 N–H and O–H groups in total. The average Bonchev–Trinajstić information content (AvgIpc) is 2.37. The molecule has 104 valence electrons. The Kier molecular flexibility index (Phi) is 3.93. The van der Waals surface area contributed by atoms with Gasteiger partial charge in [-0.25, -0.2) is 13.2 Å². The molecule has 0 saturated heterocycles. The number of nitrogens with one attached hydrogen (secondary N) is 1. The van der Waals surface area contributed by atoms with Gasteiger partial charge in [0, 0.05) is 5.69 Å². The fourth-order valence-electron chi connectivity index (χ4n) is 1.82. The lowest BCUT2D eigenvalue weighted by atomic mass is 10.0. The van der Waals surface area contributed by atoms with E-state index in [0.29, 0.717) is 0 Å². The number of hydrogen-bond donors (Lipinski definition) is 2. The third kappa shape index (κ3) is 2.90. The molecule has 6 heteroatoms. The monoisotopic (exact) mass is 280 g/mol. The zero-order chi connectivity index (χ0) is 14.7. The lowest BCUT2D eigenvalue weighted by Gasteiger charge is -2.18. The molecule has 2 aromatic carbocycles. The van der Waals surface area contributed by atoms with Gasteiger partial charge in [0.05, 0.1) is 5.56 Å². The molecule has 20 heavy (non-hydrogen) atoms. The summed E-state index contributed by atoms with van der Waals surface area (Å²) in [7, 11) is 0. The quantitative estimate of drug-likeness (QED) is 0.904. The van der Waals surface area contributed by atoms with Crippen molar-refractivity contribution in [3.05, 3.63) is 65.5 Å². The Bertz CT molecular complexity index is 626. The second kappa shape index (κ2) is 5.64. The molecule has 0 heterocycles. The molecule has 1 atom stereocenters. The Morgan fingerprint density at radius 3 is 2.20 bits per heavy atom. The van der Waals surface area contributed by atoms with Gasteiger partial charge in [-0.15, -0.1) is 0 Å². The van der Waals surface area contributed by atoms with E-state index in [2.05, 4.69) is 5.32 Å². The van der Waals surface area contributed by atoms with Crippen LogP contribution in [-0.4, -0.2) is 5.91 Å². The molecule has 1 amide bonds. The van der Waals surface area contributed by atoms with Gasteiger partial charge < -0.3 is 11.1 Å². The maximum Gasteiger partial charge on any atom is 0.244 e. The molecular formula is C14H11F3N2O. The van der Waals surface area contributed by atoms with E-state index in [1.165, 1.54) is 24.3 Å². The maximum absolute atomic E-state index is 13.7. The molecule has 0 bridgehead atoms. The van der Waals surface area contributed by atoms with Crippen molar-refractivity contribution in [1.82, 2.24) is 0 Å². The van der Waals surface area contributed by atoms with Crippen LogP contribution in [0.2, 0.25) is 0 Å². The second-order valence-corrected chi connectivity index (χ2v) is 4.13. The minimum atomic E-state index is -1.43. The fourth-order valence-corrected chi connectivity index (χ4v) is 1.82. The summed E-state index contributed by atoms with van der Waals surface area (Å²) < 4.78 is 40.4. The summed E-state index contributed by atoms with van der Waals surface area (Å²) in [6.07, 6.45) is 0. The summed E-state index contributed by atoms with van der Waals surface area (Å²) in [4.78, 5) is 11.4. The summed E-state index contributed by atoms with van der Waals surface area (Å²) in [5.74, 6) is -3.33. The van der Waals surface area contributed by atoms with Crippen molar-refractivity contribution >= 4 is 11.6 Å². The number of primary amides is 1. The Balaban J connectivity index is 2.40. The van der Waals surface area contributed by atoms with E-state index in [-0.39, 0.29) is 5.69 Å². The lowest BCUT2D eigenvalue weighted by Crippen LogP contribution is -2.29. The van der Waals surface area contributed by atoms with Crippen LogP contribution in [0.4, 0.5) is 18.9 Å². The van der Waals surface area contributed by atoms with Crippen molar-refractivity contribution in [1.29, 1.82) is 0 Å². The Morgan fingerprint density at radius 1 is 1.05 bits per heavy atom. The number of carbonyl (C=O) groups excluding carboxylic acids is 1. The molecule has 2 aromatic rings. The summed E-state index contributed by atoms with van der Waals surface area (Å²) in [5.41, 5.74) is 4.86. The third-order valence-corrected chi connectivity index (χ3v) is 2.71. The van der Waals surface area contributed by atoms with Gasteiger partial charge in [-0.2, -0.15) is 0 Å². The molecule has 0 radical (unpaired) electrons. The molecular weight excluding hydrogens is 269 g/mol. The number of benzene rings is 2. The van der Waals surface area contributed by atoms with Crippen molar-refractivity contribution < 1.29 is 18.0 Å². The molecule has 0 spiro atoms. The van der Waals surface area contributed by atoms with Crippen LogP contribution in [0.1, 0.15) is 11.6 Å². The number of nitrogens with two attached hydrogens (primary N) is 1. The van der Waals surface area contributed by atoms with E-state index >= 15 is 0 Å². The lowest BCUT2D eigenvalue weighted by molar-refractivity contribution is -0.119. The van der Waals surface area contributed by atoms with Crippen LogP contribution in [-0.2, 0) is 4.79 Å². The Hall–Kier alpha value is -2.50. The van der Waals surface area contributed by atoms with E-state index < -0.39 is 35.0 Å². The molecule has 0 fully saturated rings. The van der Waals surface area contributed by atoms with Crippen LogP contribution in [0.15, 0.2) is 42.5 Å². The predicted molar refractivity (Wildman–Crippen MR) is 68.3 cm³/mol. The van der Waals surface area contributed by atoms with Crippen LogP contribution >= 0.6 is 0 Å². The highest BCUT2D eigenvalue weighted by Gasteiger charge is 2.25. The second-order valence-electron chi connectivity index (χ2n) is 4.13. The van der Waals surface area contributed by atoms with Crippen molar-refractivity contribution in [3.63, 3.8) is 0 Å². The smallest absolute Gasteiger partial charge is 0.244 e. The Labute approximate surface area is 113 Å². The van der Waals surface area contributed by atoms with Crippen molar-refractivity contribution in [2.45, 2.75) is 6.04 Å². The first-order chi connectivity index (χ1) is 9.49. The van der Waals surface area contributed by atoms with Gasteiger partial charge >= 0.3 is 0 Å². The van der Waals surface area contributed by atoms with Gasteiger partial charge in [-0.3, -0.25) is 4.79 Å². The number of rotatable bonds is 4. The van der Waals surface area contributed by atoms with Gasteiger partial charge in [0.1, 0.15) is 23.5 Å². The van der Waals surface area contributed by atoms with Gasteiger partial charge in [0.25, 0.3) is 0 Å². The van der Waals surface area contributed by atoms with Gasteiger partial charge in [-0.1, -0.05) is 12.1 Å². The molecule has 0 aliphatic heterocycles. The van der Waals surface area contributed by atoms with Crippen LogP contribution in [0, 0.1) is 17.5 Å². The maximum atomic E-state index is 13.7. The SMILES string of the molecule is NC(=O)C(Nc1cccc(F)c1)c1c(F)cccc1F. The van der Waals surface area contributed by atoms with Crippen molar-refractivity contribution in [2.24, 2.45) is 5.73 Å². The van der Waals surface area contributed by atoms with Crippen molar-refractivity contribution in [3.8, 4) is 0 Å². The van der Waals surface area contributed by atoms with Crippen molar-refractivity contribution in [2.75, 3.05) is 5.32 Å². The van der Waals surface area contributed by atoms with Gasteiger partial charge in [-0.05, 0) is 30.3 Å². The number of hydrogen-bond acceptors (Lipinski definition) is 2. The van der Waals surface area contributed by atoms with Gasteiger partial charge in [0.2, 0.25) is 5.91 Å². The highest BCUT2D eigenvalue weighted by molar-refractivity contribution is 5.84. The number of amides is 1. The first-order valence-corrected chi connectivity index (χ1v) is 5.74. The first kappa shape index (κ1) is 13.9. The van der Waals surface area contributed by atoms with Crippen LogP contribution in [0.25, 0.3) is 0 Å². The molecule has 0 saturated carbocycles. The van der Waals surface area contributed by atoms with Crippen LogP contribution < -0.4 is 11.1 Å². The third-order valence-electron chi connectivity index (χ3n) is 2.71. The normalized spacial score (nSPS) is 11.9. The zero-order valence-electron chi connectivity index (χ0n) is 10.2. The van der Waals surface area contributed by atoms with E-state index in [9.17, 15) is 18.0 Å². The van der Waals surface area contributed by atoms with E-state index in [4.69, 9.17) is 5.73 Å². The molecule has 0 aliphatic carbocycles. The predicted octanol–water partition coefficient (Wildman–Crippen LogP) is 2.74. The molecule has 1 unspecified atom stereocenters. The minimum absolute atomic E-state index is 0.191. The van der Waals surface area contributed by atoms with E-state index in [1.54, 1.807) is 0 Å². The molecule has 0 aromatic heterocycles. The summed E-state index contributed by atoms with van der Waals surface area (Å²) in [6.45, 7) is 0.